The van der Waals surface area contributed by atoms with Crippen molar-refractivity contribution in [2.75, 3.05) is 0 Å². The number of H-pyrrole nitrogens is 1. The Balaban J connectivity index is 1.89. The van der Waals surface area contributed by atoms with Crippen LogP contribution >= 0.6 is 23.6 Å². The second kappa shape index (κ2) is 5.61. The van der Waals surface area contributed by atoms with E-state index in [9.17, 15) is 4.79 Å². The summed E-state index contributed by atoms with van der Waals surface area (Å²) in [6.07, 6.45) is 7.14. The van der Waals surface area contributed by atoms with Crippen LogP contribution < -0.4 is 0 Å². The molecule has 0 saturated heterocycles. The predicted octanol–water partition coefficient (Wildman–Crippen LogP) is 4.15. The van der Waals surface area contributed by atoms with Crippen LogP contribution in [-0.4, -0.2) is 22.0 Å². The number of carbonyl (C=O) groups is 1. The SMILES string of the molecule is Cc1c(C(=O)OC2CCCCC2)sc2nc[nH]c(=S)c12. The first-order chi connectivity index (χ1) is 9.66. The quantitative estimate of drug-likeness (QED) is 0.669. The minimum absolute atomic E-state index is 0.0726. The first-order valence-electron chi connectivity index (χ1n) is 6.84. The van der Waals surface area contributed by atoms with Crippen molar-refractivity contribution >= 4 is 39.7 Å². The maximum Gasteiger partial charge on any atom is 0.348 e. The molecule has 2 aromatic rings. The third kappa shape index (κ3) is 2.50. The molecule has 1 fully saturated rings. The van der Waals surface area contributed by atoms with Gasteiger partial charge >= 0.3 is 5.97 Å². The fourth-order valence-electron chi connectivity index (χ4n) is 2.66. The molecule has 0 unspecified atom stereocenters. The number of aromatic amines is 1. The molecule has 6 heteroatoms. The Bertz CT molecular complexity index is 699. The minimum Gasteiger partial charge on any atom is -0.458 e. The van der Waals surface area contributed by atoms with Gasteiger partial charge in [0.15, 0.2) is 0 Å². The molecule has 1 aliphatic carbocycles. The maximum atomic E-state index is 12.3. The van der Waals surface area contributed by atoms with Crippen LogP contribution in [-0.2, 0) is 4.74 Å². The first kappa shape index (κ1) is 13.7. The highest BCUT2D eigenvalue weighted by atomic mass is 32.1. The van der Waals surface area contributed by atoms with Gasteiger partial charge in [-0.1, -0.05) is 18.6 Å². The predicted molar refractivity (Wildman–Crippen MR) is 81.8 cm³/mol. The van der Waals surface area contributed by atoms with E-state index in [0.29, 0.717) is 9.52 Å². The largest absolute Gasteiger partial charge is 0.458 e. The van der Waals surface area contributed by atoms with Crippen LogP contribution in [0.5, 0.6) is 0 Å². The lowest BCUT2D eigenvalue weighted by atomic mass is 9.98. The summed E-state index contributed by atoms with van der Waals surface area (Å²) in [6, 6.07) is 0. The maximum absolute atomic E-state index is 12.3. The fraction of sp³-hybridized carbons (Fsp3) is 0.500. The van der Waals surface area contributed by atoms with Gasteiger partial charge in [-0.3, -0.25) is 0 Å². The Kier molecular flexibility index (Phi) is 3.85. The molecule has 4 nitrogen and oxygen atoms in total. The van der Waals surface area contributed by atoms with Crippen LogP contribution in [0.25, 0.3) is 10.2 Å². The lowest BCUT2D eigenvalue weighted by Gasteiger charge is -2.21. The number of rotatable bonds is 2. The standard InChI is InChI=1S/C14H16N2O2S2/c1-8-10-12(19)15-7-16-13(10)20-11(8)14(17)18-9-5-3-2-4-6-9/h7,9H,2-6H2,1H3,(H,15,16,19). The summed E-state index contributed by atoms with van der Waals surface area (Å²) in [4.78, 5) is 20.9. The van der Waals surface area contributed by atoms with Crippen molar-refractivity contribution < 1.29 is 9.53 Å². The van der Waals surface area contributed by atoms with Crippen LogP contribution in [0.2, 0.25) is 0 Å². The molecular formula is C14H16N2O2S2. The van der Waals surface area contributed by atoms with E-state index < -0.39 is 0 Å². The number of fused-ring (bicyclic) bond motifs is 1. The molecule has 106 valence electrons. The highest BCUT2D eigenvalue weighted by molar-refractivity contribution is 7.71. The van der Waals surface area contributed by atoms with Gasteiger partial charge in [0.1, 0.15) is 20.5 Å². The molecule has 20 heavy (non-hydrogen) atoms. The third-order valence-corrected chi connectivity index (χ3v) is 5.25. The van der Waals surface area contributed by atoms with Crippen LogP contribution in [0.15, 0.2) is 6.33 Å². The Morgan fingerprint density at radius 2 is 2.20 bits per heavy atom. The molecule has 0 amide bonds. The second-order valence-electron chi connectivity index (χ2n) is 5.13. The van der Waals surface area contributed by atoms with Crippen molar-refractivity contribution in [3.8, 4) is 0 Å². The zero-order chi connectivity index (χ0) is 14.1. The molecular weight excluding hydrogens is 292 g/mol. The summed E-state index contributed by atoms with van der Waals surface area (Å²) in [7, 11) is 0. The van der Waals surface area contributed by atoms with Crippen LogP contribution in [0, 0.1) is 11.6 Å². The molecule has 0 aliphatic heterocycles. The number of carbonyl (C=O) groups excluding carboxylic acids is 1. The van der Waals surface area contributed by atoms with Crippen LogP contribution in [0.3, 0.4) is 0 Å². The molecule has 1 aliphatic rings. The third-order valence-electron chi connectivity index (χ3n) is 3.74. The molecule has 2 aromatic heterocycles. The number of hydrogen-bond donors (Lipinski definition) is 1. The van der Waals surface area contributed by atoms with E-state index in [1.165, 1.54) is 17.8 Å². The zero-order valence-corrected chi connectivity index (χ0v) is 12.9. The van der Waals surface area contributed by atoms with Crippen LogP contribution in [0.4, 0.5) is 0 Å². The van der Waals surface area contributed by atoms with Gasteiger partial charge in [0.05, 0.1) is 6.33 Å². The number of hydrogen-bond acceptors (Lipinski definition) is 5. The van der Waals surface area contributed by atoms with E-state index in [1.807, 2.05) is 6.92 Å². The summed E-state index contributed by atoms with van der Waals surface area (Å²) < 4.78 is 6.25. The van der Waals surface area contributed by atoms with Crippen molar-refractivity contribution in [3.05, 3.63) is 21.4 Å². The summed E-state index contributed by atoms with van der Waals surface area (Å²) in [5, 5.41) is 0.864. The number of ether oxygens (including phenoxy) is 1. The zero-order valence-electron chi connectivity index (χ0n) is 11.3. The number of nitrogens with one attached hydrogen (secondary N) is 1. The van der Waals surface area contributed by atoms with Crippen molar-refractivity contribution in [2.24, 2.45) is 0 Å². The van der Waals surface area contributed by atoms with E-state index in [1.54, 1.807) is 6.33 Å². The molecule has 0 spiro atoms. The molecule has 0 bridgehead atoms. The average molecular weight is 308 g/mol. The van der Waals surface area contributed by atoms with Gasteiger partial charge in [-0.2, -0.15) is 0 Å². The van der Waals surface area contributed by atoms with Crippen molar-refractivity contribution in [2.45, 2.75) is 45.1 Å². The van der Waals surface area contributed by atoms with E-state index in [4.69, 9.17) is 17.0 Å². The fourth-order valence-corrected chi connectivity index (χ4v) is 4.07. The molecule has 3 rings (SSSR count). The summed E-state index contributed by atoms with van der Waals surface area (Å²) in [6.45, 7) is 1.90. The Morgan fingerprint density at radius 1 is 1.45 bits per heavy atom. The summed E-state index contributed by atoms with van der Waals surface area (Å²) >= 11 is 6.62. The average Bonchev–Trinajstić information content (AvgIpc) is 2.79. The van der Waals surface area contributed by atoms with E-state index in [0.717, 1.165) is 41.5 Å². The smallest absolute Gasteiger partial charge is 0.348 e. The Morgan fingerprint density at radius 3 is 2.90 bits per heavy atom. The highest BCUT2D eigenvalue weighted by Gasteiger charge is 2.23. The molecule has 0 atom stereocenters. The van der Waals surface area contributed by atoms with Crippen LogP contribution in [0.1, 0.15) is 47.3 Å². The highest BCUT2D eigenvalue weighted by Crippen LogP contribution is 2.31. The lowest BCUT2D eigenvalue weighted by molar-refractivity contribution is 0.0216. The van der Waals surface area contributed by atoms with E-state index in [-0.39, 0.29) is 12.1 Å². The normalized spacial score (nSPS) is 16.4. The summed E-state index contributed by atoms with van der Waals surface area (Å²) in [5.41, 5.74) is 0.875. The van der Waals surface area contributed by atoms with Crippen molar-refractivity contribution in [1.29, 1.82) is 0 Å². The van der Waals surface area contributed by atoms with E-state index >= 15 is 0 Å². The van der Waals surface area contributed by atoms with Crippen molar-refractivity contribution in [1.82, 2.24) is 9.97 Å². The molecule has 0 aromatic carbocycles. The van der Waals surface area contributed by atoms with Gasteiger partial charge in [0, 0.05) is 5.39 Å². The summed E-state index contributed by atoms with van der Waals surface area (Å²) in [5.74, 6) is -0.230. The Hall–Kier alpha value is -1.27. The number of esters is 1. The minimum atomic E-state index is -0.230. The molecule has 0 radical (unpaired) electrons. The van der Waals surface area contributed by atoms with Gasteiger partial charge in [-0.05, 0) is 38.2 Å². The number of aromatic nitrogens is 2. The monoisotopic (exact) mass is 308 g/mol. The number of nitrogens with zero attached hydrogens (tertiary/aromatic N) is 1. The van der Waals surface area contributed by atoms with Crippen molar-refractivity contribution in [3.63, 3.8) is 0 Å². The molecule has 1 N–H and O–H groups in total. The number of aryl methyl sites for hydroxylation is 1. The van der Waals surface area contributed by atoms with Gasteiger partial charge in [-0.15, -0.1) is 11.3 Å². The van der Waals surface area contributed by atoms with Gasteiger partial charge in [0.25, 0.3) is 0 Å². The Labute approximate surface area is 126 Å². The van der Waals surface area contributed by atoms with Gasteiger partial charge in [0.2, 0.25) is 0 Å². The van der Waals surface area contributed by atoms with E-state index in [2.05, 4.69) is 9.97 Å². The lowest BCUT2D eigenvalue weighted by Crippen LogP contribution is -2.20. The molecule has 1 saturated carbocycles. The first-order valence-corrected chi connectivity index (χ1v) is 8.07. The number of thiophene rings is 1. The van der Waals surface area contributed by atoms with Gasteiger partial charge < -0.3 is 9.72 Å². The van der Waals surface area contributed by atoms with Gasteiger partial charge in [-0.25, -0.2) is 9.78 Å². The molecule has 2 heterocycles. The topological polar surface area (TPSA) is 55.0 Å². The second-order valence-corrected chi connectivity index (χ2v) is 6.54.